The zero-order chi connectivity index (χ0) is 18.5. The number of thioether (sulfide) groups is 1. The highest BCUT2D eigenvalue weighted by atomic mass is 35.5. The molecule has 9 heteroatoms. The number of aromatic amines is 1. The van der Waals surface area contributed by atoms with Crippen LogP contribution in [0.1, 0.15) is 12.5 Å². The van der Waals surface area contributed by atoms with Gasteiger partial charge in [-0.1, -0.05) is 53.7 Å². The Bertz CT molecular complexity index is 931. The third kappa shape index (κ3) is 4.74. The summed E-state index contributed by atoms with van der Waals surface area (Å²) in [4.78, 5) is 35.5. The van der Waals surface area contributed by atoms with E-state index in [9.17, 15) is 9.59 Å². The molecule has 1 aromatic carbocycles. The lowest BCUT2D eigenvalue weighted by molar-refractivity contribution is -0.119. The molecule has 134 valence electrons. The van der Waals surface area contributed by atoms with E-state index in [1.807, 2.05) is 30.3 Å². The van der Waals surface area contributed by atoms with Gasteiger partial charge >= 0.3 is 6.03 Å². The summed E-state index contributed by atoms with van der Waals surface area (Å²) in [5, 5.41) is 5.48. The Morgan fingerprint density at radius 3 is 2.85 bits per heavy atom. The van der Waals surface area contributed by atoms with E-state index in [0.29, 0.717) is 27.9 Å². The molecule has 0 unspecified atom stereocenters. The zero-order valence-electron chi connectivity index (χ0n) is 13.8. The van der Waals surface area contributed by atoms with Gasteiger partial charge in [-0.25, -0.2) is 14.8 Å². The summed E-state index contributed by atoms with van der Waals surface area (Å²) in [5.74, 6) is -0.410. The minimum Gasteiger partial charge on any atom is -0.334 e. The summed E-state index contributed by atoms with van der Waals surface area (Å²) in [5.41, 5.74) is 2.16. The van der Waals surface area contributed by atoms with Gasteiger partial charge in [0.1, 0.15) is 0 Å². The lowest BCUT2D eigenvalue weighted by Gasteiger charge is -2.10. The lowest BCUT2D eigenvalue weighted by atomic mass is 10.2. The molecule has 0 spiro atoms. The van der Waals surface area contributed by atoms with Crippen molar-refractivity contribution in [1.82, 2.24) is 25.6 Å². The van der Waals surface area contributed by atoms with Crippen molar-refractivity contribution in [2.75, 3.05) is 0 Å². The molecule has 0 fully saturated rings. The Labute approximate surface area is 158 Å². The summed E-state index contributed by atoms with van der Waals surface area (Å²) in [6.45, 7) is 2.04. The highest BCUT2D eigenvalue weighted by Gasteiger charge is 2.19. The Morgan fingerprint density at radius 2 is 2.08 bits per heavy atom. The number of nitrogens with zero attached hydrogens (tertiary/aromatic N) is 2. The minimum atomic E-state index is -0.538. The third-order valence-corrected chi connectivity index (χ3v) is 4.66. The van der Waals surface area contributed by atoms with Crippen LogP contribution in [0.3, 0.4) is 0 Å². The van der Waals surface area contributed by atoms with Crippen LogP contribution in [0.2, 0.25) is 5.02 Å². The molecule has 0 saturated carbocycles. The average molecular weight is 390 g/mol. The van der Waals surface area contributed by atoms with Crippen molar-refractivity contribution in [3.8, 4) is 0 Å². The van der Waals surface area contributed by atoms with Crippen LogP contribution in [0.25, 0.3) is 11.2 Å². The van der Waals surface area contributed by atoms with Crippen molar-refractivity contribution in [2.45, 2.75) is 23.9 Å². The predicted octanol–water partition coefficient (Wildman–Crippen LogP) is 3.12. The third-order valence-electron chi connectivity index (χ3n) is 3.47. The fraction of sp³-hybridized carbons (Fsp3) is 0.176. The molecule has 3 N–H and O–H groups in total. The number of rotatable bonds is 5. The number of aromatic nitrogens is 3. The van der Waals surface area contributed by atoms with Crippen molar-refractivity contribution in [3.63, 3.8) is 0 Å². The van der Waals surface area contributed by atoms with Crippen LogP contribution in [0.4, 0.5) is 4.79 Å². The van der Waals surface area contributed by atoms with Crippen LogP contribution in [0.5, 0.6) is 0 Å². The number of amides is 3. The first kappa shape index (κ1) is 18.2. The number of urea groups is 1. The molecule has 2 heterocycles. The smallest absolute Gasteiger partial charge is 0.321 e. The van der Waals surface area contributed by atoms with E-state index in [2.05, 4.69) is 25.6 Å². The second-order valence-corrected chi connectivity index (χ2v) is 7.25. The van der Waals surface area contributed by atoms with Gasteiger partial charge in [-0.2, -0.15) is 0 Å². The first-order chi connectivity index (χ1) is 12.5. The monoisotopic (exact) mass is 389 g/mol. The number of hydrogen-bond donors (Lipinski definition) is 3. The Kier molecular flexibility index (Phi) is 5.75. The molecule has 0 radical (unpaired) electrons. The fourth-order valence-corrected chi connectivity index (χ4v) is 3.13. The largest absolute Gasteiger partial charge is 0.334 e. The van der Waals surface area contributed by atoms with Crippen LogP contribution < -0.4 is 10.6 Å². The first-order valence-corrected chi connectivity index (χ1v) is 9.07. The topological polar surface area (TPSA) is 99.8 Å². The molecule has 0 aliphatic carbocycles. The maximum atomic E-state index is 12.2. The van der Waals surface area contributed by atoms with Crippen LogP contribution in [0, 0.1) is 0 Å². The summed E-state index contributed by atoms with van der Waals surface area (Å²) >= 11 is 7.09. The summed E-state index contributed by atoms with van der Waals surface area (Å²) in [7, 11) is 0. The molecule has 3 rings (SSSR count). The molecule has 0 aliphatic heterocycles. The van der Waals surface area contributed by atoms with Gasteiger partial charge in [-0.15, -0.1) is 0 Å². The normalized spacial score (nSPS) is 11.9. The number of carbonyl (C=O) groups excluding carboxylic acids is 2. The van der Waals surface area contributed by atoms with Crippen molar-refractivity contribution >= 4 is 46.5 Å². The molecule has 1 atom stereocenters. The van der Waals surface area contributed by atoms with Gasteiger partial charge in [-0.3, -0.25) is 10.1 Å². The number of halogens is 1. The van der Waals surface area contributed by atoms with Crippen molar-refractivity contribution < 1.29 is 9.59 Å². The standard InChI is InChI=1S/C17H16ClN5O2S/c1-10(26-17-21-13-7-12(18)9-19-14(13)22-17)15(24)23-16(25)20-8-11-5-3-2-4-6-11/h2-7,9-10H,8H2,1H3,(H,19,21,22)(H2,20,23,24,25)/t10-/m1/s1. The van der Waals surface area contributed by atoms with E-state index >= 15 is 0 Å². The van der Waals surface area contributed by atoms with Crippen LogP contribution in [0.15, 0.2) is 47.8 Å². The number of benzene rings is 1. The van der Waals surface area contributed by atoms with Crippen molar-refractivity contribution in [2.24, 2.45) is 0 Å². The molecule has 26 heavy (non-hydrogen) atoms. The summed E-state index contributed by atoms with van der Waals surface area (Å²) in [6.07, 6.45) is 1.51. The number of hydrogen-bond acceptors (Lipinski definition) is 5. The van der Waals surface area contributed by atoms with Gasteiger partial charge in [-0.05, 0) is 18.6 Å². The number of carbonyl (C=O) groups is 2. The predicted molar refractivity (Wildman–Crippen MR) is 101 cm³/mol. The van der Waals surface area contributed by atoms with Gasteiger partial charge in [0.15, 0.2) is 10.8 Å². The fourth-order valence-electron chi connectivity index (χ4n) is 2.17. The van der Waals surface area contributed by atoms with Crippen molar-refractivity contribution in [1.29, 1.82) is 0 Å². The van der Waals surface area contributed by atoms with Crippen LogP contribution >= 0.6 is 23.4 Å². The van der Waals surface area contributed by atoms with E-state index in [4.69, 9.17) is 11.6 Å². The van der Waals surface area contributed by atoms with E-state index in [1.165, 1.54) is 18.0 Å². The maximum absolute atomic E-state index is 12.2. The number of imide groups is 1. The highest BCUT2D eigenvalue weighted by molar-refractivity contribution is 8.00. The van der Waals surface area contributed by atoms with Crippen molar-refractivity contribution in [3.05, 3.63) is 53.2 Å². The molecular weight excluding hydrogens is 374 g/mol. The first-order valence-electron chi connectivity index (χ1n) is 7.82. The van der Waals surface area contributed by atoms with Gasteiger partial charge in [0.25, 0.3) is 0 Å². The van der Waals surface area contributed by atoms with E-state index < -0.39 is 17.2 Å². The van der Waals surface area contributed by atoms with E-state index in [1.54, 1.807) is 13.0 Å². The molecule has 7 nitrogen and oxygen atoms in total. The lowest BCUT2D eigenvalue weighted by Crippen LogP contribution is -2.42. The number of pyridine rings is 1. The van der Waals surface area contributed by atoms with Gasteiger partial charge < -0.3 is 10.3 Å². The van der Waals surface area contributed by atoms with Gasteiger partial charge in [0.05, 0.1) is 15.8 Å². The molecule has 3 amide bonds. The van der Waals surface area contributed by atoms with Gasteiger partial charge in [0.2, 0.25) is 5.91 Å². The highest BCUT2D eigenvalue weighted by Crippen LogP contribution is 2.23. The van der Waals surface area contributed by atoms with E-state index in [0.717, 1.165) is 5.56 Å². The molecule has 2 aromatic heterocycles. The summed E-state index contributed by atoms with van der Waals surface area (Å²) in [6, 6.07) is 10.6. The molecule has 0 bridgehead atoms. The SMILES string of the molecule is C[C@@H](Sc1nc2ncc(Cl)cc2[nH]1)C(=O)NC(=O)NCc1ccccc1. The van der Waals surface area contributed by atoms with Gasteiger partial charge in [0, 0.05) is 12.7 Å². The number of nitrogens with one attached hydrogen (secondary N) is 3. The second-order valence-electron chi connectivity index (χ2n) is 5.48. The Hall–Kier alpha value is -2.58. The molecule has 0 saturated heterocycles. The maximum Gasteiger partial charge on any atom is 0.321 e. The summed E-state index contributed by atoms with van der Waals surface area (Å²) < 4.78 is 0. The molecule has 3 aromatic rings. The number of H-pyrrole nitrogens is 1. The Morgan fingerprint density at radius 1 is 1.31 bits per heavy atom. The van der Waals surface area contributed by atoms with E-state index in [-0.39, 0.29) is 0 Å². The number of imidazole rings is 1. The quantitative estimate of drug-likeness (QED) is 0.582. The van der Waals surface area contributed by atoms with Crippen LogP contribution in [-0.4, -0.2) is 32.1 Å². The minimum absolute atomic E-state index is 0.345. The molecule has 0 aliphatic rings. The second kappa shape index (κ2) is 8.20. The molecular formula is C17H16ClN5O2S. The van der Waals surface area contributed by atoms with Crippen LogP contribution in [-0.2, 0) is 11.3 Å². The zero-order valence-corrected chi connectivity index (χ0v) is 15.4. The average Bonchev–Trinajstić information content (AvgIpc) is 3.02. The number of fused-ring (bicyclic) bond motifs is 1. The Balaban J connectivity index is 1.52.